The fourth-order valence-electron chi connectivity index (χ4n) is 4.33. The highest BCUT2D eigenvalue weighted by Gasteiger charge is 2.47. The Morgan fingerprint density at radius 1 is 0.886 bits per heavy atom. The SMILES string of the molecule is CCCCC(CC)COC(=O)C(C)CC(C)(CC(C)(CC)C(=O)OC(C)OCC(C)C)C(=O)OC. The van der Waals surface area contributed by atoms with E-state index in [1.54, 1.807) is 27.7 Å². The molecule has 0 fully saturated rings. The first-order valence-electron chi connectivity index (χ1n) is 13.4. The van der Waals surface area contributed by atoms with Gasteiger partial charge in [-0.3, -0.25) is 14.4 Å². The fraction of sp³-hybridized carbons (Fsp3) is 0.893. The zero-order chi connectivity index (χ0) is 27.2. The van der Waals surface area contributed by atoms with Crippen LogP contribution in [0.25, 0.3) is 0 Å². The van der Waals surface area contributed by atoms with E-state index in [0.717, 1.165) is 25.7 Å². The Hall–Kier alpha value is -1.63. The molecule has 0 radical (unpaired) electrons. The Morgan fingerprint density at radius 3 is 2.00 bits per heavy atom. The van der Waals surface area contributed by atoms with Gasteiger partial charge in [-0.25, -0.2) is 0 Å². The van der Waals surface area contributed by atoms with Gasteiger partial charge in [0.1, 0.15) is 0 Å². The molecule has 0 heterocycles. The monoisotopic (exact) mass is 500 g/mol. The molecule has 0 saturated heterocycles. The first-order valence-corrected chi connectivity index (χ1v) is 13.4. The largest absolute Gasteiger partial charge is 0.469 e. The molecule has 0 rings (SSSR count). The van der Waals surface area contributed by atoms with Crippen LogP contribution in [-0.4, -0.2) is 44.5 Å². The lowest BCUT2D eigenvalue weighted by molar-refractivity contribution is -0.190. The Bertz CT molecular complexity index is 647. The highest BCUT2D eigenvalue weighted by molar-refractivity contribution is 5.81. The van der Waals surface area contributed by atoms with Gasteiger partial charge in [0.2, 0.25) is 0 Å². The molecule has 35 heavy (non-hydrogen) atoms. The maximum atomic E-state index is 13.1. The van der Waals surface area contributed by atoms with Crippen molar-refractivity contribution in [1.29, 1.82) is 0 Å². The molecule has 0 aliphatic rings. The summed E-state index contributed by atoms with van der Waals surface area (Å²) in [5.74, 6) is -1.07. The van der Waals surface area contributed by atoms with Crippen LogP contribution in [0, 0.1) is 28.6 Å². The van der Waals surface area contributed by atoms with Gasteiger partial charge in [-0.1, -0.05) is 60.8 Å². The highest BCUT2D eigenvalue weighted by atomic mass is 16.7. The van der Waals surface area contributed by atoms with E-state index in [4.69, 9.17) is 18.9 Å². The summed E-state index contributed by atoms with van der Waals surface area (Å²) in [6.45, 7) is 18.0. The standard InChI is InChI=1S/C28H52O7/c1-11-14-15-23(12-2)18-34-24(29)21(6)16-28(9,25(30)32-10)19-27(8,13-3)26(31)35-22(7)33-17-20(4)5/h20-23H,11-19H2,1-10H3. The average Bonchev–Trinajstić information content (AvgIpc) is 2.81. The molecule has 0 amide bonds. The Balaban J connectivity index is 5.39. The van der Waals surface area contributed by atoms with Crippen LogP contribution in [0.5, 0.6) is 0 Å². The number of carbonyl (C=O) groups is 3. The van der Waals surface area contributed by atoms with Gasteiger partial charge in [-0.05, 0) is 58.3 Å². The zero-order valence-corrected chi connectivity index (χ0v) is 24.0. The van der Waals surface area contributed by atoms with Crippen molar-refractivity contribution in [3.63, 3.8) is 0 Å². The molecule has 0 aromatic rings. The van der Waals surface area contributed by atoms with E-state index in [9.17, 15) is 14.4 Å². The van der Waals surface area contributed by atoms with E-state index in [1.807, 2.05) is 20.8 Å². The number of esters is 3. The van der Waals surface area contributed by atoms with Gasteiger partial charge in [0, 0.05) is 0 Å². The number of unbranched alkanes of at least 4 members (excludes halogenated alkanes) is 1. The summed E-state index contributed by atoms with van der Waals surface area (Å²) in [6.07, 6.45) is 4.38. The van der Waals surface area contributed by atoms with Crippen LogP contribution in [0.1, 0.15) is 107 Å². The van der Waals surface area contributed by atoms with Crippen molar-refractivity contribution in [3.05, 3.63) is 0 Å². The second kappa shape index (κ2) is 16.2. The second-order valence-corrected chi connectivity index (χ2v) is 11.0. The Kier molecular flexibility index (Phi) is 15.4. The summed E-state index contributed by atoms with van der Waals surface area (Å²) in [6, 6.07) is 0. The first kappa shape index (κ1) is 33.4. The smallest absolute Gasteiger partial charge is 0.314 e. The van der Waals surface area contributed by atoms with E-state index >= 15 is 0 Å². The zero-order valence-electron chi connectivity index (χ0n) is 24.0. The lowest BCUT2D eigenvalue weighted by Crippen LogP contribution is -2.42. The van der Waals surface area contributed by atoms with Crippen LogP contribution in [0.4, 0.5) is 0 Å². The topological polar surface area (TPSA) is 88.1 Å². The molecule has 0 aromatic heterocycles. The molecule has 0 bridgehead atoms. The van der Waals surface area contributed by atoms with E-state index in [2.05, 4.69) is 13.8 Å². The van der Waals surface area contributed by atoms with Crippen LogP contribution < -0.4 is 0 Å². The number of methoxy groups -OCH3 is 1. The van der Waals surface area contributed by atoms with Crippen LogP contribution in [0.3, 0.4) is 0 Å². The highest BCUT2D eigenvalue weighted by Crippen LogP contribution is 2.43. The molecule has 0 saturated carbocycles. The van der Waals surface area contributed by atoms with Crippen LogP contribution in [-0.2, 0) is 33.3 Å². The molecule has 7 heteroatoms. The molecular formula is C28H52O7. The summed E-state index contributed by atoms with van der Waals surface area (Å²) < 4.78 is 21.9. The van der Waals surface area contributed by atoms with Gasteiger partial charge in [-0.2, -0.15) is 0 Å². The predicted octanol–water partition coefficient (Wildman–Crippen LogP) is 6.32. The molecule has 0 aliphatic heterocycles. The fourth-order valence-corrected chi connectivity index (χ4v) is 4.33. The minimum absolute atomic E-state index is 0.185. The van der Waals surface area contributed by atoms with Gasteiger partial charge in [0.25, 0.3) is 0 Å². The summed E-state index contributed by atoms with van der Waals surface area (Å²) in [7, 11) is 1.33. The molecule has 0 aromatic carbocycles. The molecule has 0 spiro atoms. The number of ether oxygens (including phenoxy) is 4. The minimum atomic E-state index is -1.06. The molecule has 0 aliphatic carbocycles. The van der Waals surface area contributed by atoms with Crippen molar-refractivity contribution in [1.82, 2.24) is 0 Å². The van der Waals surface area contributed by atoms with Crippen molar-refractivity contribution in [2.24, 2.45) is 28.6 Å². The van der Waals surface area contributed by atoms with Crippen LogP contribution in [0.15, 0.2) is 0 Å². The lowest BCUT2D eigenvalue weighted by atomic mass is 9.68. The summed E-state index contributed by atoms with van der Waals surface area (Å²) in [5, 5.41) is 0. The third-order valence-electron chi connectivity index (χ3n) is 6.83. The van der Waals surface area contributed by atoms with E-state index in [0.29, 0.717) is 31.5 Å². The van der Waals surface area contributed by atoms with Crippen LogP contribution in [0.2, 0.25) is 0 Å². The predicted molar refractivity (Wildman–Crippen MR) is 138 cm³/mol. The second-order valence-electron chi connectivity index (χ2n) is 11.0. The average molecular weight is 501 g/mol. The first-order chi connectivity index (χ1) is 16.3. The van der Waals surface area contributed by atoms with Gasteiger partial charge >= 0.3 is 17.9 Å². The van der Waals surface area contributed by atoms with E-state index in [-0.39, 0.29) is 18.8 Å². The van der Waals surface area contributed by atoms with Crippen molar-refractivity contribution in [3.8, 4) is 0 Å². The van der Waals surface area contributed by atoms with Crippen molar-refractivity contribution in [2.45, 2.75) is 114 Å². The van der Waals surface area contributed by atoms with Crippen molar-refractivity contribution >= 4 is 17.9 Å². The maximum Gasteiger partial charge on any atom is 0.314 e. The maximum absolute atomic E-state index is 13.1. The van der Waals surface area contributed by atoms with Crippen molar-refractivity contribution < 1.29 is 33.3 Å². The number of hydrogen-bond acceptors (Lipinski definition) is 7. The molecular weight excluding hydrogens is 448 g/mol. The third-order valence-corrected chi connectivity index (χ3v) is 6.83. The normalized spacial score (nSPS) is 17.6. The number of rotatable bonds is 18. The summed E-state index contributed by atoms with van der Waals surface area (Å²) >= 11 is 0. The van der Waals surface area contributed by atoms with Gasteiger partial charge in [0.05, 0.1) is 37.1 Å². The minimum Gasteiger partial charge on any atom is -0.469 e. The third kappa shape index (κ3) is 11.8. The molecule has 5 unspecified atom stereocenters. The molecule has 5 atom stereocenters. The molecule has 0 N–H and O–H groups in total. The van der Waals surface area contributed by atoms with E-state index < -0.39 is 35.0 Å². The van der Waals surface area contributed by atoms with Crippen LogP contribution >= 0.6 is 0 Å². The van der Waals surface area contributed by atoms with Gasteiger partial charge in [0.15, 0.2) is 6.29 Å². The Labute approximate surface area is 214 Å². The molecule has 206 valence electrons. The quantitative estimate of drug-likeness (QED) is 0.124. The number of hydrogen-bond donors (Lipinski definition) is 0. The lowest BCUT2D eigenvalue weighted by Gasteiger charge is -2.37. The summed E-state index contributed by atoms with van der Waals surface area (Å²) in [4.78, 5) is 38.8. The van der Waals surface area contributed by atoms with Crippen molar-refractivity contribution in [2.75, 3.05) is 20.3 Å². The van der Waals surface area contributed by atoms with E-state index in [1.165, 1.54) is 7.11 Å². The number of carbonyl (C=O) groups excluding carboxylic acids is 3. The summed E-state index contributed by atoms with van der Waals surface area (Å²) in [5.41, 5.74) is -2.01. The van der Waals surface area contributed by atoms with Gasteiger partial charge < -0.3 is 18.9 Å². The Morgan fingerprint density at radius 2 is 1.51 bits per heavy atom. The molecule has 7 nitrogen and oxygen atoms in total. The van der Waals surface area contributed by atoms with Gasteiger partial charge in [-0.15, -0.1) is 0 Å².